The van der Waals surface area contributed by atoms with Crippen LogP contribution in [-0.4, -0.2) is 12.6 Å². The molecule has 0 unspecified atom stereocenters. The van der Waals surface area contributed by atoms with E-state index in [4.69, 9.17) is 10.5 Å². The zero-order valence-corrected chi connectivity index (χ0v) is 13.1. The average Bonchev–Trinajstić information content (AvgIpc) is 2.59. The number of carbonyl (C=O) groups is 1. The number of carbonyl (C=O) groups excluding carboxylic acids is 1. The second-order valence-corrected chi connectivity index (χ2v) is 4.98. The molecule has 2 aromatic rings. The van der Waals surface area contributed by atoms with Crippen LogP contribution in [0.15, 0.2) is 48.5 Å². The molecule has 2 rings (SSSR count). The molecule has 0 fully saturated rings. The molecule has 0 aliphatic carbocycles. The van der Waals surface area contributed by atoms with Gasteiger partial charge in [-0.05, 0) is 35.7 Å². The lowest BCUT2D eigenvalue weighted by Gasteiger charge is -2.04. The predicted octanol–water partition coefficient (Wildman–Crippen LogP) is 3.11. The molecule has 0 aromatic heterocycles. The van der Waals surface area contributed by atoms with Crippen molar-refractivity contribution in [3.63, 3.8) is 0 Å². The number of benzene rings is 2. The Morgan fingerprint density at radius 2 is 2.00 bits per heavy atom. The molecule has 0 saturated heterocycles. The summed E-state index contributed by atoms with van der Waals surface area (Å²) in [6.45, 7) is 2.53. The third kappa shape index (κ3) is 5.40. The van der Waals surface area contributed by atoms with Gasteiger partial charge in [-0.15, -0.1) is 0 Å². The second-order valence-electron chi connectivity index (χ2n) is 4.98. The summed E-state index contributed by atoms with van der Waals surface area (Å²) in [4.78, 5) is 11.6. The van der Waals surface area contributed by atoms with Gasteiger partial charge in [0, 0.05) is 11.3 Å². The molecule has 0 bridgehead atoms. The van der Waals surface area contributed by atoms with Crippen molar-refractivity contribution in [2.75, 3.05) is 12.3 Å². The monoisotopic (exact) mass is 308 g/mol. The molecule has 4 heteroatoms. The molecule has 2 aromatic carbocycles. The summed E-state index contributed by atoms with van der Waals surface area (Å²) < 4.78 is 5.10. The Morgan fingerprint density at radius 1 is 1.22 bits per heavy atom. The minimum absolute atomic E-state index is 0.236. The molecule has 0 atom stereocenters. The molecular formula is C19H20N2O2. The van der Waals surface area contributed by atoms with E-state index in [2.05, 4.69) is 17.2 Å². The summed E-state index contributed by atoms with van der Waals surface area (Å²) in [7, 11) is 0. The van der Waals surface area contributed by atoms with Crippen LogP contribution in [0.3, 0.4) is 0 Å². The van der Waals surface area contributed by atoms with Crippen LogP contribution in [0, 0.1) is 11.8 Å². The fourth-order valence-electron chi connectivity index (χ4n) is 2.03. The lowest BCUT2D eigenvalue weighted by atomic mass is 10.1. The van der Waals surface area contributed by atoms with Crippen LogP contribution in [0.25, 0.3) is 0 Å². The SMILES string of the molecule is CCc1cc(C#CCNC(=O)OCc2ccccc2)ccc1N. The molecule has 0 radical (unpaired) electrons. The molecule has 118 valence electrons. The minimum atomic E-state index is -0.477. The van der Waals surface area contributed by atoms with Gasteiger partial charge in [0.25, 0.3) is 0 Å². The third-order valence-corrected chi connectivity index (χ3v) is 3.29. The number of nitrogens with one attached hydrogen (secondary N) is 1. The molecule has 0 spiro atoms. The first-order valence-electron chi connectivity index (χ1n) is 7.51. The number of alkyl carbamates (subject to hydrolysis) is 1. The van der Waals surface area contributed by atoms with E-state index in [1.165, 1.54) is 0 Å². The van der Waals surface area contributed by atoms with E-state index in [1.807, 2.05) is 55.5 Å². The van der Waals surface area contributed by atoms with Crippen LogP contribution in [0.1, 0.15) is 23.6 Å². The Kier molecular flexibility index (Phi) is 6.07. The number of rotatable bonds is 4. The first kappa shape index (κ1) is 16.4. The zero-order chi connectivity index (χ0) is 16.5. The Balaban J connectivity index is 1.77. The first-order valence-corrected chi connectivity index (χ1v) is 7.51. The molecular weight excluding hydrogens is 288 g/mol. The number of hydrogen-bond acceptors (Lipinski definition) is 3. The van der Waals surface area contributed by atoms with Gasteiger partial charge in [-0.1, -0.05) is 49.1 Å². The fraction of sp³-hybridized carbons (Fsp3) is 0.211. The van der Waals surface area contributed by atoms with E-state index < -0.39 is 6.09 Å². The van der Waals surface area contributed by atoms with Gasteiger partial charge in [-0.25, -0.2) is 4.79 Å². The van der Waals surface area contributed by atoms with Crippen molar-refractivity contribution in [3.05, 3.63) is 65.2 Å². The van der Waals surface area contributed by atoms with Gasteiger partial charge in [0.15, 0.2) is 0 Å². The van der Waals surface area contributed by atoms with Crippen LogP contribution in [0.4, 0.5) is 10.5 Å². The highest BCUT2D eigenvalue weighted by Crippen LogP contribution is 2.13. The van der Waals surface area contributed by atoms with Crippen molar-refractivity contribution in [2.45, 2.75) is 20.0 Å². The Hall–Kier alpha value is -2.93. The summed E-state index contributed by atoms with van der Waals surface area (Å²) in [5.74, 6) is 5.90. The highest BCUT2D eigenvalue weighted by Gasteiger charge is 2.00. The fourth-order valence-corrected chi connectivity index (χ4v) is 2.03. The summed E-state index contributed by atoms with van der Waals surface area (Å²) in [5.41, 5.74) is 9.54. The van der Waals surface area contributed by atoms with Gasteiger partial charge in [0.05, 0.1) is 6.54 Å². The van der Waals surface area contributed by atoms with Gasteiger partial charge in [-0.2, -0.15) is 0 Å². The van der Waals surface area contributed by atoms with Gasteiger partial charge in [0.2, 0.25) is 0 Å². The molecule has 1 amide bonds. The van der Waals surface area contributed by atoms with Crippen molar-refractivity contribution in [3.8, 4) is 11.8 Å². The van der Waals surface area contributed by atoms with Gasteiger partial charge in [0.1, 0.15) is 6.61 Å². The quantitative estimate of drug-likeness (QED) is 0.674. The first-order chi connectivity index (χ1) is 11.2. The van der Waals surface area contributed by atoms with Gasteiger partial charge >= 0.3 is 6.09 Å². The Bertz CT molecular complexity index is 715. The topological polar surface area (TPSA) is 64.3 Å². The van der Waals surface area contributed by atoms with Crippen molar-refractivity contribution >= 4 is 11.8 Å². The summed E-state index contributed by atoms with van der Waals surface area (Å²) >= 11 is 0. The highest BCUT2D eigenvalue weighted by molar-refractivity contribution is 5.67. The van der Waals surface area contributed by atoms with Gasteiger partial charge < -0.3 is 15.8 Å². The smallest absolute Gasteiger partial charge is 0.408 e. The van der Waals surface area contributed by atoms with E-state index in [9.17, 15) is 4.79 Å². The van der Waals surface area contributed by atoms with Crippen molar-refractivity contribution in [1.82, 2.24) is 5.32 Å². The largest absolute Gasteiger partial charge is 0.445 e. The maximum absolute atomic E-state index is 11.6. The number of aryl methyl sites for hydroxylation is 1. The number of nitrogen functional groups attached to an aromatic ring is 1. The summed E-state index contributed by atoms with van der Waals surface area (Å²) in [6, 6.07) is 15.2. The van der Waals surface area contributed by atoms with E-state index in [-0.39, 0.29) is 13.2 Å². The third-order valence-electron chi connectivity index (χ3n) is 3.29. The lowest BCUT2D eigenvalue weighted by molar-refractivity contribution is 0.141. The summed E-state index contributed by atoms with van der Waals surface area (Å²) in [5, 5.41) is 2.60. The minimum Gasteiger partial charge on any atom is -0.445 e. The number of amides is 1. The van der Waals surface area contributed by atoms with Crippen molar-refractivity contribution in [2.24, 2.45) is 0 Å². The molecule has 0 heterocycles. The predicted molar refractivity (Wildman–Crippen MR) is 91.7 cm³/mol. The molecule has 0 saturated carbocycles. The maximum Gasteiger partial charge on any atom is 0.408 e. The van der Waals surface area contributed by atoms with Crippen molar-refractivity contribution < 1.29 is 9.53 Å². The molecule has 23 heavy (non-hydrogen) atoms. The van der Waals surface area contributed by atoms with E-state index >= 15 is 0 Å². The normalized spacial score (nSPS) is 9.61. The van der Waals surface area contributed by atoms with Crippen LogP contribution < -0.4 is 11.1 Å². The molecule has 0 aliphatic rings. The molecule has 3 N–H and O–H groups in total. The maximum atomic E-state index is 11.6. The number of ether oxygens (including phenoxy) is 1. The Morgan fingerprint density at radius 3 is 2.74 bits per heavy atom. The van der Waals surface area contributed by atoms with Gasteiger partial charge in [-0.3, -0.25) is 0 Å². The average molecular weight is 308 g/mol. The lowest BCUT2D eigenvalue weighted by Crippen LogP contribution is -2.24. The van der Waals surface area contributed by atoms with E-state index in [1.54, 1.807) is 0 Å². The standard InChI is InChI=1S/C19H20N2O2/c1-2-17-13-15(10-11-18(17)20)9-6-12-21-19(22)23-14-16-7-4-3-5-8-16/h3-5,7-8,10-11,13H,2,12,14,20H2,1H3,(H,21,22). The highest BCUT2D eigenvalue weighted by atomic mass is 16.5. The molecule has 0 aliphatic heterocycles. The molecule has 4 nitrogen and oxygen atoms in total. The zero-order valence-electron chi connectivity index (χ0n) is 13.1. The Labute approximate surface area is 136 Å². The number of anilines is 1. The van der Waals surface area contributed by atoms with Crippen LogP contribution in [-0.2, 0) is 17.8 Å². The van der Waals surface area contributed by atoms with Crippen LogP contribution in [0.2, 0.25) is 0 Å². The van der Waals surface area contributed by atoms with Crippen LogP contribution in [0.5, 0.6) is 0 Å². The van der Waals surface area contributed by atoms with E-state index in [0.29, 0.717) is 0 Å². The summed E-state index contributed by atoms with van der Waals surface area (Å²) in [6.07, 6.45) is 0.389. The van der Waals surface area contributed by atoms with E-state index in [0.717, 1.165) is 28.8 Å². The number of hydrogen-bond donors (Lipinski definition) is 2. The number of nitrogens with two attached hydrogens (primary N) is 1. The van der Waals surface area contributed by atoms with Crippen molar-refractivity contribution in [1.29, 1.82) is 0 Å². The second kappa shape index (κ2) is 8.50. The van der Waals surface area contributed by atoms with Crippen LogP contribution >= 0.6 is 0 Å².